The van der Waals surface area contributed by atoms with Gasteiger partial charge < -0.3 is 9.53 Å². The molecule has 27 heavy (non-hydrogen) atoms. The Hall–Kier alpha value is -1.82. The van der Waals surface area contributed by atoms with Crippen LogP contribution >= 0.6 is 35.6 Å². The number of ether oxygens (including phenoxy) is 1. The van der Waals surface area contributed by atoms with Crippen molar-refractivity contribution in [3.05, 3.63) is 52.0 Å². The SMILES string of the molecule is COc1cccc(N2C[C@@](CC=O)(c3ccc(Cl)c(Cl)c3)CCC2=O)n1.Cl. The second-order valence-electron chi connectivity index (χ2n) is 6.30. The minimum atomic E-state index is -0.533. The Morgan fingerprint density at radius 2 is 2.04 bits per heavy atom. The lowest BCUT2D eigenvalue weighted by atomic mass is 9.72. The molecule has 5 nitrogen and oxygen atoms in total. The van der Waals surface area contributed by atoms with Crippen LogP contribution < -0.4 is 9.64 Å². The van der Waals surface area contributed by atoms with Crippen molar-refractivity contribution in [3.8, 4) is 5.88 Å². The minimum absolute atomic E-state index is 0. The molecule has 0 aliphatic carbocycles. The first kappa shape index (κ1) is 21.5. The van der Waals surface area contributed by atoms with Crippen molar-refractivity contribution in [2.24, 2.45) is 0 Å². The van der Waals surface area contributed by atoms with Gasteiger partial charge in [0.15, 0.2) is 0 Å². The van der Waals surface area contributed by atoms with Crippen molar-refractivity contribution in [2.45, 2.75) is 24.7 Å². The zero-order valence-corrected chi connectivity index (χ0v) is 17.0. The van der Waals surface area contributed by atoms with Crippen LogP contribution in [-0.4, -0.2) is 30.8 Å². The van der Waals surface area contributed by atoms with Crippen molar-refractivity contribution < 1.29 is 14.3 Å². The number of carbonyl (C=O) groups excluding carboxylic acids is 2. The van der Waals surface area contributed by atoms with Crippen LogP contribution in [-0.2, 0) is 15.0 Å². The van der Waals surface area contributed by atoms with Crippen molar-refractivity contribution in [1.29, 1.82) is 0 Å². The summed E-state index contributed by atoms with van der Waals surface area (Å²) >= 11 is 12.2. The predicted octanol–water partition coefficient (Wildman–Crippen LogP) is 4.47. The highest BCUT2D eigenvalue weighted by molar-refractivity contribution is 6.42. The van der Waals surface area contributed by atoms with Crippen molar-refractivity contribution in [2.75, 3.05) is 18.6 Å². The second kappa shape index (κ2) is 8.91. The van der Waals surface area contributed by atoms with Gasteiger partial charge in [-0.3, -0.25) is 9.69 Å². The third-order valence-corrected chi connectivity index (χ3v) is 5.52. The van der Waals surface area contributed by atoms with Crippen LogP contribution in [0, 0.1) is 0 Å². The molecule has 3 rings (SSSR count). The molecule has 1 aromatic heterocycles. The largest absolute Gasteiger partial charge is 0.481 e. The number of aldehydes is 1. The fourth-order valence-corrected chi connectivity index (χ4v) is 3.63. The van der Waals surface area contributed by atoms with Gasteiger partial charge in [0.2, 0.25) is 11.8 Å². The maximum absolute atomic E-state index is 12.5. The summed E-state index contributed by atoms with van der Waals surface area (Å²) < 4.78 is 5.16. The molecular weight excluding hydrogens is 411 g/mol. The van der Waals surface area contributed by atoms with E-state index in [0.29, 0.717) is 41.1 Å². The van der Waals surface area contributed by atoms with Gasteiger partial charge in [0, 0.05) is 30.9 Å². The lowest BCUT2D eigenvalue weighted by molar-refractivity contribution is -0.121. The third kappa shape index (κ3) is 4.37. The van der Waals surface area contributed by atoms with Gasteiger partial charge in [-0.15, -0.1) is 12.4 Å². The van der Waals surface area contributed by atoms with Crippen molar-refractivity contribution >= 4 is 53.6 Å². The second-order valence-corrected chi connectivity index (χ2v) is 7.11. The number of methoxy groups -OCH3 is 1. The Balaban J connectivity index is 0.00000261. The highest BCUT2D eigenvalue weighted by Crippen LogP contribution is 2.40. The first-order valence-electron chi connectivity index (χ1n) is 8.20. The summed E-state index contributed by atoms with van der Waals surface area (Å²) in [5, 5.41) is 0.882. The van der Waals surface area contributed by atoms with Gasteiger partial charge in [-0.1, -0.05) is 35.3 Å². The number of rotatable bonds is 5. The van der Waals surface area contributed by atoms with Gasteiger partial charge in [0.1, 0.15) is 12.1 Å². The van der Waals surface area contributed by atoms with E-state index in [-0.39, 0.29) is 24.7 Å². The number of pyridine rings is 1. The Bertz CT molecular complexity index is 847. The van der Waals surface area contributed by atoms with E-state index in [1.165, 1.54) is 7.11 Å². The number of carbonyl (C=O) groups is 2. The van der Waals surface area contributed by atoms with E-state index >= 15 is 0 Å². The van der Waals surface area contributed by atoms with Gasteiger partial charge in [0.25, 0.3) is 0 Å². The van der Waals surface area contributed by atoms with Crippen molar-refractivity contribution in [3.63, 3.8) is 0 Å². The number of anilines is 1. The maximum atomic E-state index is 12.5. The number of hydrogen-bond donors (Lipinski definition) is 0. The van der Waals surface area contributed by atoms with Gasteiger partial charge in [-0.2, -0.15) is 4.98 Å². The molecule has 0 spiro atoms. The van der Waals surface area contributed by atoms with Gasteiger partial charge in [0.05, 0.1) is 17.2 Å². The maximum Gasteiger partial charge on any atom is 0.228 e. The van der Waals surface area contributed by atoms with Gasteiger partial charge >= 0.3 is 0 Å². The zero-order chi connectivity index (χ0) is 18.7. The van der Waals surface area contributed by atoms with Crippen LogP contribution in [0.3, 0.4) is 0 Å². The minimum Gasteiger partial charge on any atom is -0.481 e. The molecule has 2 aromatic rings. The lowest BCUT2D eigenvalue weighted by Crippen LogP contribution is -2.49. The molecule has 0 bridgehead atoms. The Morgan fingerprint density at radius 1 is 1.26 bits per heavy atom. The van der Waals surface area contributed by atoms with E-state index in [1.54, 1.807) is 35.2 Å². The van der Waals surface area contributed by atoms with Gasteiger partial charge in [-0.25, -0.2) is 0 Å². The fourth-order valence-electron chi connectivity index (χ4n) is 3.33. The molecule has 0 radical (unpaired) electrons. The topological polar surface area (TPSA) is 59.5 Å². The monoisotopic (exact) mass is 428 g/mol. The summed E-state index contributed by atoms with van der Waals surface area (Å²) in [5.41, 5.74) is 0.355. The van der Waals surface area contributed by atoms with Crippen LogP contribution in [0.2, 0.25) is 10.0 Å². The quantitative estimate of drug-likeness (QED) is 0.658. The predicted molar refractivity (Wildman–Crippen MR) is 108 cm³/mol. The molecule has 0 N–H and O–H groups in total. The number of nitrogens with zero attached hydrogens (tertiary/aromatic N) is 2. The van der Waals surface area contributed by atoms with Crippen LogP contribution in [0.15, 0.2) is 36.4 Å². The normalized spacial score (nSPS) is 19.4. The molecule has 1 fully saturated rings. The molecule has 2 heterocycles. The van der Waals surface area contributed by atoms with E-state index in [0.717, 1.165) is 11.8 Å². The molecule has 0 unspecified atom stereocenters. The molecule has 1 aliphatic heterocycles. The van der Waals surface area contributed by atoms with E-state index in [2.05, 4.69) is 4.98 Å². The molecule has 1 atom stereocenters. The molecule has 144 valence electrons. The molecular formula is C19H19Cl3N2O3. The highest BCUT2D eigenvalue weighted by atomic mass is 35.5. The number of halogens is 3. The highest BCUT2D eigenvalue weighted by Gasteiger charge is 2.41. The average Bonchev–Trinajstić information content (AvgIpc) is 2.66. The van der Waals surface area contributed by atoms with E-state index < -0.39 is 5.41 Å². The van der Waals surface area contributed by atoms with Crippen LogP contribution in [0.5, 0.6) is 5.88 Å². The number of aromatic nitrogens is 1. The summed E-state index contributed by atoms with van der Waals surface area (Å²) in [6.45, 7) is 0.336. The number of hydrogen-bond acceptors (Lipinski definition) is 4. The number of benzene rings is 1. The van der Waals surface area contributed by atoms with Crippen LogP contribution in [0.1, 0.15) is 24.8 Å². The zero-order valence-electron chi connectivity index (χ0n) is 14.7. The standard InChI is InChI=1S/C19H18Cl2N2O3.ClH/c1-26-17-4-2-3-16(22-17)23-12-19(9-10-24,8-7-18(23)25)13-5-6-14(20)15(21)11-13;/h2-6,10-11H,7-9,12H2,1H3;1H/t19-;/m1./s1. The van der Waals surface area contributed by atoms with E-state index in [9.17, 15) is 9.59 Å². The summed E-state index contributed by atoms with van der Waals surface area (Å²) in [7, 11) is 1.52. The smallest absolute Gasteiger partial charge is 0.228 e. The lowest BCUT2D eigenvalue weighted by Gasteiger charge is -2.42. The first-order valence-corrected chi connectivity index (χ1v) is 8.95. The molecule has 8 heteroatoms. The van der Waals surface area contributed by atoms with Crippen molar-refractivity contribution in [1.82, 2.24) is 4.98 Å². The summed E-state index contributed by atoms with van der Waals surface area (Å²) in [5.74, 6) is 0.896. The number of piperidine rings is 1. The fraction of sp³-hybridized carbons (Fsp3) is 0.316. The Kier molecular flexibility index (Phi) is 7.09. The van der Waals surface area contributed by atoms with Crippen LogP contribution in [0.25, 0.3) is 0 Å². The summed E-state index contributed by atoms with van der Waals surface area (Å²) in [6, 6.07) is 10.6. The first-order chi connectivity index (χ1) is 12.5. The Morgan fingerprint density at radius 3 is 2.70 bits per heavy atom. The van der Waals surface area contributed by atoms with Crippen LogP contribution in [0.4, 0.5) is 5.82 Å². The number of amides is 1. The molecule has 1 saturated heterocycles. The van der Waals surface area contributed by atoms with E-state index in [1.807, 2.05) is 6.07 Å². The average molecular weight is 430 g/mol. The molecule has 1 aromatic carbocycles. The summed E-state index contributed by atoms with van der Waals surface area (Å²) in [6.07, 6.45) is 2.03. The molecule has 1 aliphatic rings. The molecule has 0 saturated carbocycles. The third-order valence-electron chi connectivity index (χ3n) is 4.78. The summed E-state index contributed by atoms with van der Waals surface area (Å²) in [4.78, 5) is 30.0. The van der Waals surface area contributed by atoms with E-state index in [4.69, 9.17) is 27.9 Å². The molecule has 1 amide bonds. The Labute approximate surface area is 174 Å². The van der Waals surface area contributed by atoms with Gasteiger partial charge in [-0.05, 0) is 30.2 Å².